The van der Waals surface area contributed by atoms with Crippen molar-refractivity contribution >= 4 is 5.69 Å². The molecule has 0 N–H and O–H groups in total. The summed E-state index contributed by atoms with van der Waals surface area (Å²) in [7, 11) is 3.44. The number of anilines is 1. The summed E-state index contributed by atoms with van der Waals surface area (Å²) in [6, 6.07) is 8.32. The van der Waals surface area contributed by atoms with Crippen LogP contribution in [0.4, 0.5) is 5.69 Å². The lowest BCUT2D eigenvalue weighted by molar-refractivity contribution is 0.144. The van der Waals surface area contributed by atoms with Crippen molar-refractivity contribution in [3.05, 3.63) is 24.3 Å². The molecular weight excluding hydrogens is 268 g/mol. The van der Waals surface area contributed by atoms with Crippen molar-refractivity contribution < 1.29 is 14.2 Å². The molecule has 0 saturated carbocycles. The maximum Gasteiger partial charge on any atom is 0.119 e. The van der Waals surface area contributed by atoms with Gasteiger partial charge in [0.25, 0.3) is 0 Å². The van der Waals surface area contributed by atoms with E-state index in [1.807, 2.05) is 12.1 Å². The van der Waals surface area contributed by atoms with Gasteiger partial charge in [-0.3, -0.25) is 4.90 Å². The van der Waals surface area contributed by atoms with Gasteiger partial charge in [-0.05, 0) is 24.3 Å². The van der Waals surface area contributed by atoms with E-state index >= 15 is 0 Å². The number of ether oxygens (including phenoxy) is 3. The smallest absolute Gasteiger partial charge is 0.119 e. The molecule has 0 atom stereocenters. The maximum absolute atomic E-state index is 5.58. The van der Waals surface area contributed by atoms with Gasteiger partial charge in [-0.25, -0.2) is 0 Å². The SMILES string of the molecule is COCCOc1ccc(N2CCN(CCOC)CC2)cc1. The van der Waals surface area contributed by atoms with E-state index in [9.17, 15) is 0 Å². The highest BCUT2D eigenvalue weighted by Crippen LogP contribution is 2.20. The predicted octanol–water partition coefficient (Wildman–Crippen LogP) is 1.48. The van der Waals surface area contributed by atoms with E-state index in [1.54, 1.807) is 14.2 Å². The second-order valence-corrected chi connectivity index (χ2v) is 5.16. The predicted molar refractivity (Wildman–Crippen MR) is 84.3 cm³/mol. The van der Waals surface area contributed by atoms with Crippen LogP contribution in [-0.4, -0.2) is 71.7 Å². The van der Waals surface area contributed by atoms with Crippen LogP contribution in [0.15, 0.2) is 24.3 Å². The van der Waals surface area contributed by atoms with Crippen molar-refractivity contribution in [2.75, 3.05) is 71.7 Å². The molecule has 0 unspecified atom stereocenters. The molecule has 1 aromatic carbocycles. The lowest BCUT2D eigenvalue weighted by Crippen LogP contribution is -2.47. The molecule has 1 aromatic rings. The zero-order chi connectivity index (χ0) is 14.9. The Kier molecular flexibility index (Phi) is 6.79. The van der Waals surface area contributed by atoms with Gasteiger partial charge in [0.15, 0.2) is 0 Å². The fourth-order valence-electron chi connectivity index (χ4n) is 2.45. The van der Waals surface area contributed by atoms with Crippen molar-refractivity contribution in [3.8, 4) is 5.75 Å². The van der Waals surface area contributed by atoms with Crippen molar-refractivity contribution in [1.29, 1.82) is 0 Å². The van der Waals surface area contributed by atoms with Crippen LogP contribution in [0.2, 0.25) is 0 Å². The molecule has 1 aliphatic heterocycles. The van der Waals surface area contributed by atoms with Gasteiger partial charge >= 0.3 is 0 Å². The zero-order valence-corrected chi connectivity index (χ0v) is 13.1. The number of hydrogen-bond acceptors (Lipinski definition) is 5. The van der Waals surface area contributed by atoms with E-state index in [1.165, 1.54) is 5.69 Å². The van der Waals surface area contributed by atoms with E-state index in [2.05, 4.69) is 21.9 Å². The minimum atomic E-state index is 0.591. The third kappa shape index (κ3) is 5.19. The number of nitrogens with zero attached hydrogens (tertiary/aromatic N) is 2. The van der Waals surface area contributed by atoms with Crippen LogP contribution in [-0.2, 0) is 9.47 Å². The van der Waals surface area contributed by atoms with Crippen molar-refractivity contribution in [1.82, 2.24) is 4.90 Å². The van der Waals surface area contributed by atoms with E-state index in [0.29, 0.717) is 13.2 Å². The van der Waals surface area contributed by atoms with Gasteiger partial charge in [-0.15, -0.1) is 0 Å². The number of methoxy groups -OCH3 is 2. The van der Waals surface area contributed by atoms with E-state index in [0.717, 1.165) is 45.1 Å². The molecule has 0 radical (unpaired) electrons. The molecule has 0 aromatic heterocycles. The molecule has 0 aliphatic carbocycles. The topological polar surface area (TPSA) is 34.2 Å². The first-order valence-corrected chi connectivity index (χ1v) is 7.51. The monoisotopic (exact) mass is 294 g/mol. The Morgan fingerprint density at radius 1 is 0.857 bits per heavy atom. The van der Waals surface area contributed by atoms with E-state index in [4.69, 9.17) is 14.2 Å². The first-order chi connectivity index (χ1) is 10.3. The van der Waals surface area contributed by atoms with Gasteiger partial charge < -0.3 is 19.1 Å². The average Bonchev–Trinajstić information content (AvgIpc) is 2.54. The fourth-order valence-corrected chi connectivity index (χ4v) is 2.45. The highest BCUT2D eigenvalue weighted by molar-refractivity contribution is 5.49. The van der Waals surface area contributed by atoms with Crippen LogP contribution in [0.5, 0.6) is 5.75 Å². The highest BCUT2D eigenvalue weighted by Gasteiger charge is 2.16. The number of rotatable bonds is 8. The van der Waals surface area contributed by atoms with Gasteiger partial charge in [0.05, 0.1) is 13.2 Å². The standard InChI is InChI=1S/C16H26N2O3/c1-19-12-11-17-7-9-18(10-8-17)15-3-5-16(6-4-15)21-14-13-20-2/h3-6H,7-14H2,1-2H3. The molecule has 1 saturated heterocycles. The molecular formula is C16H26N2O3. The summed E-state index contributed by atoms with van der Waals surface area (Å²) in [6.45, 7) is 7.36. The Balaban J connectivity index is 1.78. The number of benzene rings is 1. The van der Waals surface area contributed by atoms with E-state index < -0.39 is 0 Å². The van der Waals surface area contributed by atoms with Crippen molar-refractivity contribution in [3.63, 3.8) is 0 Å². The molecule has 2 rings (SSSR count). The molecule has 1 aliphatic rings. The first kappa shape index (κ1) is 16.1. The van der Waals surface area contributed by atoms with Crippen LogP contribution in [0.25, 0.3) is 0 Å². The fraction of sp³-hybridized carbons (Fsp3) is 0.625. The van der Waals surface area contributed by atoms with Gasteiger partial charge in [0, 0.05) is 52.6 Å². The largest absolute Gasteiger partial charge is 0.491 e. The van der Waals surface area contributed by atoms with E-state index in [-0.39, 0.29) is 0 Å². The summed E-state index contributed by atoms with van der Waals surface area (Å²) >= 11 is 0. The third-order valence-corrected chi connectivity index (χ3v) is 3.74. The molecule has 1 heterocycles. The van der Waals surface area contributed by atoms with Crippen LogP contribution in [0.3, 0.4) is 0 Å². The second-order valence-electron chi connectivity index (χ2n) is 5.16. The summed E-state index contributed by atoms with van der Waals surface area (Å²) in [5.74, 6) is 0.898. The Hall–Kier alpha value is -1.30. The van der Waals surface area contributed by atoms with Crippen LogP contribution < -0.4 is 9.64 Å². The van der Waals surface area contributed by atoms with Gasteiger partial charge in [-0.2, -0.15) is 0 Å². The highest BCUT2D eigenvalue weighted by atomic mass is 16.5. The first-order valence-electron chi connectivity index (χ1n) is 7.51. The van der Waals surface area contributed by atoms with Gasteiger partial charge in [-0.1, -0.05) is 0 Å². The van der Waals surface area contributed by atoms with Crippen LogP contribution in [0.1, 0.15) is 0 Å². The van der Waals surface area contributed by atoms with Gasteiger partial charge in [0.1, 0.15) is 12.4 Å². The van der Waals surface area contributed by atoms with Gasteiger partial charge in [0.2, 0.25) is 0 Å². The van der Waals surface area contributed by atoms with Crippen LogP contribution in [0, 0.1) is 0 Å². The molecule has 5 heteroatoms. The minimum Gasteiger partial charge on any atom is -0.491 e. The summed E-state index contributed by atoms with van der Waals surface area (Å²) in [5.41, 5.74) is 1.26. The quantitative estimate of drug-likeness (QED) is 0.679. The van der Waals surface area contributed by atoms with Crippen molar-refractivity contribution in [2.45, 2.75) is 0 Å². The molecule has 0 spiro atoms. The zero-order valence-electron chi connectivity index (χ0n) is 13.1. The molecule has 0 amide bonds. The normalized spacial score (nSPS) is 16.2. The Bertz CT molecular complexity index is 389. The number of hydrogen-bond donors (Lipinski definition) is 0. The Labute approximate surface area is 127 Å². The van der Waals surface area contributed by atoms with Crippen LogP contribution >= 0.6 is 0 Å². The molecule has 1 fully saturated rings. The third-order valence-electron chi connectivity index (χ3n) is 3.74. The number of piperazine rings is 1. The molecule has 0 bridgehead atoms. The lowest BCUT2D eigenvalue weighted by atomic mass is 10.2. The second kappa shape index (κ2) is 8.87. The summed E-state index contributed by atoms with van der Waals surface area (Å²) in [4.78, 5) is 4.87. The Morgan fingerprint density at radius 2 is 1.52 bits per heavy atom. The molecule has 21 heavy (non-hydrogen) atoms. The minimum absolute atomic E-state index is 0.591. The molecule has 118 valence electrons. The average molecular weight is 294 g/mol. The summed E-state index contributed by atoms with van der Waals surface area (Å²) < 4.78 is 15.7. The maximum atomic E-state index is 5.58. The Morgan fingerprint density at radius 3 is 2.14 bits per heavy atom. The van der Waals surface area contributed by atoms with Crippen molar-refractivity contribution in [2.24, 2.45) is 0 Å². The lowest BCUT2D eigenvalue weighted by Gasteiger charge is -2.36. The summed E-state index contributed by atoms with van der Waals surface area (Å²) in [5, 5.41) is 0. The molecule has 5 nitrogen and oxygen atoms in total. The summed E-state index contributed by atoms with van der Waals surface area (Å²) in [6.07, 6.45) is 0.